The molecule has 26 heavy (non-hydrogen) atoms. The molecule has 134 valence electrons. The van der Waals surface area contributed by atoms with Gasteiger partial charge in [-0.2, -0.15) is 0 Å². The second-order valence-corrected chi connectivity index (χ2v) is 5.47. The number of imide groups is 1. The summed E-state index contributed by atoms with van der Waals surface area (Å²) in [5.74, 6) is -0.624. The summed E-state index contributed by atoms with van der Waals surface area (Å²) in [5, 5.41) is 10.3. The lowest BCUT2D eigenvalue weighted by atomic mass is 10.1. The molecular formula is C19H17NO6. The van der Waals surface area contributed by atoms with Crippen molar-refractivity contribution in [1.29, 1.82) is 0 Å². The van der Waals surface area contributed by atoms with Crippen LogP contribution in [0.4, 0.5) is 5.69 Å². The van der Waals surface area contributed by atoms with Crippen LogP contribution in [0, 0.1) is 0 Å². The van der Waals surface area contributed by atoms with Crippen molar-refractivity contribution in [2.45, 2.75) is 0 Å². The van der Waals surface area contributed by atoms with Crippen LogP contribution in [0.15, 0.2) is 48.2 Å². The van der Waals surface area contributed by atoms with E-state index in [0.717, 1.165) is 4.90 Å². The molecule has 2 aromatic carbocycles. The highest BCUT2D eigenvalue weighted by Gasteiger charge is 2.40. The SMILES string of the molecule is COc1ccc(C2=C(O)C(=O)N(c3cc(OC)cc(OC)c3)C2=O)cc1. The van der Waals surface area contributed by atoms with Crippen LogP contribution in [0.25, 0.3) is 5.57 Å². The van der Waals surface area contributed by atoms with Crippen molar-refractivity contribution in [1.82, 2.24) is 0 Å². The summed E-state index contributed by atoms with van der Waals surface area (Å²) < 4.78 is 15.4. The molecular weight excluding hydrogens is 338 g/mol. The highest BCUT2D eigenvalue weighted by molar-refractivity contribution is 6.44. The van der Waals surface area contributed by atoms with E-state index in [1.54, 1.807) is 30.3 Å². The number of hydrogen-bond acceptors (Lipinski definition) is 6. The van der Waals surface area contributed by atoms with E-state index >= 15 is 0 Å². The number of rotatable bonds is 5. The van der Waals surface area contributed by atoms with Crippen LogP contribution in [-0.4, -0.2) is 38.3 Å². The predicted octanol–water partition coefficient (Wildman–Crippen LogP) is 2.55. The number of ether oxygens (including phenoxy) is 3. The van der Waals surface area contributed by atoms with Crippen molar-refractivity contribution in [3.05, 3.63) is 53.8 Å². The molecule has 0 spiro atoms. The van der Waals surface area contributed by atoms with Gasteiger partial charge in [0, 0.05) is 18.2 Å². The zero-order chi connectivity index (χ0) is 18.8. The maximum absolute atomic E-state index is 12.9. The van der Waals surface area contributed by atoms with Crippen molar-refractivity contribution in [2.24, 2.45) is 0 Å². The number of benzene rings is 2. The number of aliphatic hydroxyl groups is 1. The number of carbonyl (C=O) groups excluding carboxylic acids is 2. The van der Waals surface area contributed by atoms with Gasteiger partial charge < -0.3 is 19.3 Å². The van der Waals surface area contributed by atoms with E-state index in [0.29, 0.717) is 22.8 Å². The zero-order valence-electron chi connectivity index (χ0n) is 14.5. The third kappa shape index (κ3) is 2.83. The first-order valence-corrected chi connectivity index (χ1v) is 7.69. The molecule has 7 heteroatoms. The summed E-state index contributed by atoms with van der Waals surface area (Å²) >= 11 is 0. The molecule has 7 nitrogen and oxygen atoms in total. The predicted molar refractivity (Wildman–Crippen MR) is 94.6 cm³/mol. The minimum Gasteiger partial charge on any atom is -0.502 e. The van der Waals surface area contributed by atoms with Gasteiger partial charge in [-0.25, -0.2) is 4.90 Å². The molecule has 0 unspecified atom stereocenters. The number of anilines is 1. The Bertz CT molecular complexity index is 878. The number of amides is 2. The Morgan fingerprint density at radius 3 is 1.81 bits per heavy atom. The topological polar surface area (TPSA) is 85.3 Å². The molecule has 0 radical (unpaired) electrons. The molecule has 0 saturated heterocycles. The third-order valence-electron chi connectivity index (χ3n) is 4.03. The van der Waals surface area contributed by atoms with E-state index < -0.39 is 17.6 Å². The second kappa shape index (κ2) is 6.79. The number of aliphatic hydroxyl groups excluding tert-OH is 1. The lowest BCUT2D eigenvalue weighted by Crippen LogP contribution is -2.31. The fraction of sp³-hybridized carbons (Fsp3) is 0.158. The molecule has 0 aliphatic carbocycles. The summed E-state index contributed by atoms with van der Waals surface area (Å²) in [6, 6.07) is 11.1. The minimum atomic E-state index is -0.809. The van der Waals surface area contributed by atoms with Gasteiger partial charge in [0.25, 0.3) is 5.91 Å². The Morgan fingerprint density at radius 1 is 0.769 bits per heavy atom. The minimum absolute atomic E-state index is 0.0700. The fourth-order valence-electron chi connectivity index (χ4n) is 2.69. The van der Waals surface area contributed by atoms with Gasteiger partial charge in [0.1, 0.15) is 17.2 Å². The second-order valence-electron chi connectivity index (χ2n) is 5.47. The molecule has 0 aromatic heterocycles. The van der Waals surface area contributed by atoms with E-state index in [1.807, 2.05) is 0 Å². The number of hydrogen-bond donors (Lipinski definition) is 1. The fourth-order valence-corrected chi connectivity index (χ4v) is 2.69. The van der Waals surface area contributed by atoms with Crippen LogP contribution in [0.2, 0.25) is 0 Å². The van der Waals surface area contributed by atoms with Gasteiger partial charge in [-0.15, -0.1) is 0 Å². The van der Waals surface area contributed by atoms with Crippen molar-refractivity contribution >= 4 is 23.1 Å². The van der Waals surface area contributed by atoms with Crippen LogP contribution in [0.5, 0.6) is 17.2 Å². The van der Waals surface area contributed by atoms with Crippen LogP contribution < -0.4 is 19.1 Å². The summed E-state index contributed by atoms with van der Waals surface area (Å²) in [6.07, 6.45) is 0. The van der Waals surface area contributed by atoms with E-state index in [-0.39, 0.29) is 11.3 Å². The lowest BCUT2D eigenvalue weighted by Gasteiger charge is -2.16. The Kier molecular flexibility index (Phi) is 4.53. The number of nitrogens with zero attached hydrogens (tertiary/aromatic N) is 1. The number of methoxy groups -OCH3 is 3. The molecule has 2 amide bonds. The Hall–Kier alpha value is -3.48. The van der Waals surface area contributed by atoms with E-state index in [4.69, 9.17) is 14.2 Å². The summed E-state index contributed by atoms with van der Waals surface area (Å²) in [6.45, 7) is 0. The molecule has 1 aliphatic rings. The monoisotopic (exact) mass is 355 g/mol. The van der Waals surface area contributed by atoms with Gasteiger partial charge in [-0.3, -0.25) is 9.59 Å². The van der Waals surface area contributed by atoms with E-state index in [9.17, 15) is 14.7 Å². The largest absolute Gasteiger partial charge is 0.502 e. The Balaban J connectivity index is 2.03. The maximum Gasteiger partial charge on any atom is 0.301 e. The quantitative estimate of drug-likeness (QED) is 0.830. The molecule has 2 aromatic rings. The molecule has 0 bridgehead atoms. The Labute approximate surface area is 150 Å². The molecule has 1 aliphatic heterocycles. The van der Waals surface area contributed by atoms with Gasteiger partial charge in [0.2, 0.25) is 0 Å². The van der Waals surface area contributed by atoms with Crippen LogP contribution in [-0.2, 0) is 9.59 Å². The zero-order valence-corrected chi connectivity index (χ0v) is 14.5. The standard InChI is InChI=1S/C19H17NO6/c1-24-13-6-4-11(5-7-13)16-17(21)19(23)20(18(16)22)12-8-14(25-2)10-15(9-12)26-3/h4-10,21H,1-3H3. The molecule has 1 heterocycles. The van der Waals surface area contributed by atoms with Crippen molar-refractivity contribution in [2.75, 3.05) is 26.2 Å². The first-order valence-electron chi connectivity index (χ1n) is 7.69. The highest BCUT2D eigenvalue weighted by Crippen LogP contribution is 2.36. The van der Waals surface area contributed by atoms with Gasteiger partial charge in [-0.1, -0.05) is 12.1 Å². The molecule has 0 saturated carbocycles. The first kappa shape index (κ1) is 17.3. The van der Waals surface area contributed by atoms with E-state index in [1.165, 1.54) is 33.5 Å². The van der Waals surface area contributed by atoms with Crippen molar-refractivity contribution in [3.8, 4) is 17.2 Å². The molecule has 0 fully saturated rings. The maximum atomic E-state index is 12.9. The van der Waals surface area contributed by atoms with Crippen LogP contribution >= 0.6 is 0 Å². The van der Waals surface area contributed by atoms with Gasteiger partial charge in [0.15, 0.2) is 5.76 Å². The van der Waals surface area contributed by atoms with Crippen molar-refractivity contribution < 1.29 is 28.9 Å². The third-order valence-corrected chi connectivity index (χ3v) is 4.03. The molecule has 3 rings (SSSR count). The van der Waals surface area contributed by atoms with Gasteiger partial charge >= 0.3 is 5.91 Å². The normalized spacial score (nSPS) is 14.0. The van der Waals surface area contributed by atoms with Gasteiger partial charge in [0.05, 0.1) is 32.6 Å². The first-order chi connectivity index (χ1) is 12.5. The average molecular weight is 355 g/mol. The smallest absolute Gasteiger partial charge is 0.301 e. The Morgan fingerprint density at radius 2 is 1.31 bits per heavy atom. The average Bonchev–Trinajstić information content (AvgIpc) is 2.90. The summed E-state index contributed by atoms with van der Waals surface area (Å²) in [5.41, 5.74) is 0.588. The molecule has 1 N–H and O–H groups in total. The van der Waals surface area contributed by atoms with Crippen molar-refractivity contribution in [3.63, 3.8) is 0 Å². The highest BCUT2D eigenvalue weighted by atomic mass is 16.5. The summed E-state index contributed by atoms with van der Waals surface area (Å²) in [4.78, 5) is 26.3. The lowest BCUT2D eigenvalue weighted by molar-refractivity contribution is -0.121. The molecule has 0 atom stereocenters. The van der Waals surface area contributed by atoms with Crippen LogP contribution in [0.3, 0.4) is 0 Å². The van der Waals surface area contributed by atoms with E-state index in [2.05, 4.69) is 0 Å². The van der Waals surface area contributed by atoms with Crippen LogP contribution in [0.1, 0.15) is 5.56 Å². The number of carbonyl (C=O) groups is 2. The van der Waals surface area contributed by atoms with Gasteiger partial charge in [-0.05, 0) is 17.7 Å². The summed E-state index contributed by atoms with van der Waals surface area (Å²) in [7, 11) is 4.45.